The van der Waals surface area contributed by atoms with Crippen LogP contribution in [0.4, 0.5) is 0 Å². The lowest BCUT2D eigenvalue weighted by Gasteiger charge is -2.15. The van der Waals surface area contributed by atoms with Crippen molar-refractivity contribution in [3.8, 4) is 11.5 Å². The van der Waals surface area contributed by atoms with E-state index in [9.17, 15) is 5.11 Å². The molecule has 0 fully saturated rings. The molecule has 0 saturated heterocycles. The summed E-state index contributed by atoms with van der Waals surface area (Å²) in [5, 5.41) is 10.5. The van der Waals surface area contributed by atoms with Crippen LogP contribution >= 0.6 is 15.9 Å². The van der Waals surface area contributed by atoms with Gasteiger partial charge in [0.05, 0.1) is 14.2 Å². The van der Waals surface area contributed by atoms with Gasteiger partial charge >= 0.3 is 0 Å². The number of benzene rings is 2. The summed E-state index contributed by atoms with van der Waals surface area (Å²) >= 11 is 3.45. The van der Waals surface area contributed by atoms with Gasteiger partial charge in [0.15, 0.2) is 11.5 Å². The normalized spacial score (nSPS) is 12.1. The summed E-state index contributed by atoms with van der Waals surface area (Å²) in [6.45, 7) is 2.00. The highest BCUT2D eigenvalue weighted by Crippen LogP contribution is 2.33. The molecule has 1 unspecified atom stereocenters. The zero-order chi connectivity index (χ0) is 14.7. The Morgan fingerprint density at radius 3 is 2.25 bits per heavy atom. The van der Waals surface area contributed by atoms with Gasteiger partial charge < -0.3 is 14.6 Å². The van der Waals surface area contributed by atoms with Gasteiger partial charge in [0, 0.05) is 4.47 Å². The maximum Gasteiger partial charge on any atom is 0.161 e. The van der Waals surface area contributed by atoms with E-state index in [-0.39, 0.29) is 0 Å². The molecule has 0 radical (unpaired) electrons. The van der Waals surface area contributed by atoms with Crippen molar-refractivity contribution >= 4 is 15.9 Å². The zero-order valence-corrected chi connectivity index (χ0v) is 13.3. The molecule has 0 bridgehead atoms. The Hall–Kier alpha value is -1.52. The summed E-state index contributed by atoms with van der Waals surface area (Å²) in [4.78, 5) is 0. The molecule has 1 atom stereocenters. The van der Waals surface area contributed by atoms with Crippen molar-refractivity contribution in [2.45, 2.75) is 13.0 Å². The number of aliphatic hydroxyl groups excluding tert-OH is 1. The number of hydrogen-bond acceptors (Lipinski definition) is 3. The van der Waals surface area contributed by atoms with Crippen LogP contribution in [0.15, 0.2) is 40.9 Å². The first-order valence-corrected chi connectivity index (χ1v) is 7.01. The van der Waals surface area contributed by atoms with Gasteiger partial charge in [0.25, 0.3) is 0 Å². The molecule has 0 aromatic heterocycles. The molecular weight excluding hydrogens is 320 g/mol. The first-order chi connectivity index (χ1) is 9.55. The number of halogens is 1. The quantitative estimate of drug-likeness (QED) is 0.921. The molecule has 4 heteroatoms. The number of rotatable bonds is 4. The van der Waals surface area contributed by atoms with Gasteiger partial charge in [-0.05, 0) is 47.9 Å². The first kappa shape index (κ1) is 14.9. The number of aryl methyl sites for hydroxylation is 1. The molecule has 2 aromatic carbocycles. The second kappa shape index (κ2) is 6.29. The van der Waals surface area contributed by atoms with E-state index < -0.39 is 6.10 Å². The number of aliphatic hydroxyl groups is 1. The van der Waals surface area contributed by atoms with Gasteiger partial charge in [-0.2, -0.15) is 0 Å². The van der Waals surface area contributed by atoms with E-state index in [0.717, 1.165) is 21.2 Å². The summed E-state index contributed by atoms with van der Waals surface area (Å²) in [5.41, 5.74) is 2.69. The SMILES string of the molecule is COc1ccc(C(O)c2cc(C)cc(Br)c2)cc1OC. The lowest BCUT2D eigenvalue weighted by atomic mass is 9.99. The van der Waals surface area contributed by atoms with Crippen molar-refractivity contribution < 1.29 is 14.6 Å². The van der Waals surface area contributed by atoms with Crippen LogP contribution in [0, 0.1) is 6.92 Å². The topological polar surface area (TPSA) is 38.7 Å². The van der Waals surface area contributed by atoms with Crippen molar-refractivity contribution in [2.24, 2.45) is 0 Å². The predicted octanol–water partition coefficient (Wildman–Crippen LogP) is 3.86. The van der Waals surface area contributed by atoms with Gasteiger partial charge in [0.1, 0.15) is 6.10 Å². The van der Waals surface area contributed by atoms with Crippen molar-refractivity contribution in [3.63, 3.8) is 0 Å². The third-order valence-corrected chi connectivity index (χ3v) is 3.56. The molecule has 0 aliphatic carbocycles. The lowest BCUT2D eigenvalue weighted by molar-refractivity contribution is 0.219. The van der Waals surface area contributed by atoms with Crippen LogP contribution in [-0.2, 0) is 0 Å². The molecule has 20 heavy (non-hydrogen) atoms. The van der Waals surface area contributed by atoms with Gasteiger partial charge in [0.2, 0.25) is 0 Å². The summed E-state index contributed by atoms with van der Waals surface area (Å²) in [5.74, 6) is 1.25. The summed E-state index contributed by atoms with van der Waals surface area (Å²) in [6.07, 6.45) is -0.703. The Morgan fingerprint density at radius 1 is 0.950 bits per heavy atom. The predicted molar refractivity (Wildman–Crippen MR) is 82.5 cm³/mol. The van der Waals surface area contributed by atoms with Gasteiger partial charge in [-0.25, -0.2) is 0 Å². The molecule has 0 aliphatic rings. The van der Waals surface area contributed by atoms with Crippen LogP contribution in [-0.4, -0.2) is 19.3 Å². The highest BCUT2D eigenvalue weighted by Gasteiger charge is 2.14. The summed E-state index contributed by atoms with van der Waals surface area (Å²) < 4.78 is 11.4. The van der Waals surface area contributed by atoms with Crippen molar-refractivity contribution in [1.82, 2.24) is 0 Å². The summed E-state index contributed by atoms with van der Waals surface area (Å²) in [6, 6.07) is 11.3. The Kier molecular flexibility index (Phi) is 4.68. The Balaban J connectivity index is 2.39. The number of hydrogen-bond donors (Lipinski definition) is 1. The van der Waals surface area contributed by atoms with E-state index in [2.05, 4.69) is 15.9 Å². The molecule has 106 valence electrons. The van der Waals surface area contributed by atoms with Crippen LogP contribution in [0.1, 0.15) is 22.8 Å². The maximum absolute atomic E-state index is 10.5. The molecular formula is C16H17BrO3. The minimum atomic E-state index is -0.703. The third-order valence-electron chi connectivity index (χ3n) is 3.10. The highest BCUT2D eigenvalue weighted by atomic mass is 79.9. The zero-order valence-electron chi connectivity index (χ0n) is 11.7. The van der Waals surface area contributed by atoms with Gasteiger partial charge in [-0.3, -0.25) is 0 Å². The maximum atomic E-state index is 10.5. The Morgan fingerprint density at radius 2 is 1.65 bits per heavy atom. The first-order valence-electron chi connectivity index (χ1n) is 6.22. The average molecular weight is 337 g/mol. The van der Waals surface area contributed by atoms with E-state index in [4.69, 9.17) is 9.47 Å². The largest absolute Gasteiger partial charge is 0.493 e. The second-order valence-corrected chi connectivity index (χ2v) is 5.49. The molecule has 1 N–H and O–H groups in total. The monoisotopic (exact) mass is 336 g/mol. The molecule has 0 amide bonds. The number of methoxy groups -OCH3 is 2. The third kappa shape index (κ3) is 3.14. The fraction of sp³-hybridized carbons (Fsp3) is 0.250. The molecule has 2 rings (SSSR count). The smallest absolute Gasteiger partial charge is 0.161 e. The minimum Gasteiger partial charge on any atom is -0.493 e. The standard InChI is InChI=1S/C16H17BrO3/c1-10-6-12(8-13(17)7-10)16(18)11-4-5-14(19-2)15(9-11)20-3/h4-9,16,18H,1-3H3. The molecule has 0 heterocycles. The average Bonchev–Trinajstić information content (AvgIpc) is 2.44. The Labute approximate surface area is 127 Å². The van der Waals surface area contributed by atoms with E-state index in [1.807, 2.05) is 31.2 Å². The van der Waals surface area contributed by atoms with E-state index >= 15 is 0 Å². The summed E-state index contributed by atoms with van der Waals surface area (Å²) in [7, 11) is 3.17. The van der Waals surface area contributed by atoms with Crippen molar-refractivity contribution in [1.29, 1.82) is 0 Å². The molecule has 0 saturated carbocycles. The number of ether oxygens (including phenoxy) is 2. The molecule has 0 spiro atoms. The van der Waals surface area contributed by atoms with E-state index in [0.29, 0.717) is 11.5 Å². The fourth-order valence-corrected chi connectivity index (χ4v) is 2.76. The van der Waals surface area contributed by atoms with Crippen molar-refractivity contribution in [2.75, 3.05) is 14.2 Å². The van der Waals surface area contributed by atoms with Gasteiger partial charge in [-0.15, -0.1) is 0 Å². The molecule has 2 aromatic rings. The van der Waals surface area contributed by atoms with E-state index in [1.165, 1.54) is 0 Å². The van der Waals surface area contributed by atoms with E-state index in [1.54, 1.807) is 26.4 Å². The van der Waals surface area contributed by atoms with Gasteiger partial charge in [-0.1, -0.05) is 28.1 Å². The van der Waals surface area contributed by atoms with Crippen LogP contribution in [0.5, 0.6) is 11.5 Å². The fourth-order valence-electron chi connectivity index (χ4n) is 2.14. The Bertz CT molecular complexity index is 590. The van der Waals surface area contributed by atoms with Crippen LogP contribution in [0.3, 0.4) is 0 Å². The highest BCUT2D eigenvalue weighted by molar-refractivity contribution is 9.10. The van der Waals surface area contributed by atoms with Crippen LogP contribution in [0.2, 0.25) is 0 Å². The minimum absolute atomic E-state index is 0.607. The molecule has 0 aliphatic heterocycles. The molecule has 3 nitrogen and oxygen atoms in total. The lowest BCUT2D eigenvalue weighted by Crippen LogP contribution is -2.01. The van der Waals surface area contributed by atoms with Crippen LogP contribution in [0.25, 0.3) is 0 Å². The van der Waals surface area contributed by atoms with Crippen LogP contribution < -0.4 is 9.47 Å². The van der Waals surface area contributed by atoms with Crippen molar-refractivity contribution in [3.05, 3.63) is 57.6 Å². The second-order valence-electron chi connectivity index (χ2n) is 4.58.